The zero-order valence-electron chi connectivity index (χ0n) is 24.6. The number of anilines is 1. The van der Waals surface area contributed by atoms with Crippen molar-refractivity contribution < 1.29 is 29.4 Å². The van der Waals surface area contributed by atoms with E-state index in [9.17, 15) is 4.79 Å². The van der Waals surface area contributed by atoms with Crippen LogP contribution in [0.4, 0.5) is 5.69 Å². The van der Waals surface area contributed by atoms with Crippen molar-refractivity contribution in [1.29, 1.82) is 0 Å². The molecule has 0 bridgehead atoms. The Kier molecular flexibility index (Phi) is 14.3. The maximum atomic E-state index is 13.2. The van der Waals surface area contributed by atoms with Crippen LogP contribution < -0.4 is 4.90 Å². The van der Waals surface area contributed by atoms with Gasteiger partial charge in [0.25, 0.3) is 5.91 Å². The van der Waals surface area contributed by atoms with Crippen LogP contribution in [0.2, 0.25) is 0 Å². The molecule has 1 atom stereocenters. The number of benzene rings is 2. The van der Waals surface area contributed by atoms with Crippen LogP contribution in [-0.4, -0.2) is 64.9 Å². The summed E-state index contributed by atoms with van der Waals surface area (Å²) in [6, 6.07) is 18.1. The number of aliphatic carboxylic acids is 2. The predicted molar refractivity (Wildman–Crippen MR) is 161 cm³/mol. The molecule has 1 heterocycles. The molecule has 2 N–H and O–H groups in total. The van der Waals surface area contributed by atoms with E-state index in [1.165, 1.54) is 25.7 Å². The molecule has 0 radical (unpaired) electrons. The van der Waals surface area contributed by atoms with Gasteiger partial charge >= 0.3 is 11.9 Å². The van der Waals surface area contributed by atoms with Gasteiger partial charge in [-0.15, -0.1) is 0 Å². The third-order valence-electron chi connectivity index (χ3n) is 6.63. The van der Waals surface area contributed by atoms with Crippen LogP contribution in [0, 0.1) is 6.92 Å². The first-order valence-corrected chi connectivity index (χ1v) is 14.2. The van der Waals surface area contributed by atoms with Gasteiger partial charge in [0.05, 0.1) is 11.8 Å². The average Bonchev–Trinajstić information content (AvgIpc) is 2.96. The number of rotatable bonds is 14. The van der Waals surface area contributed by atoms with Gasteiger partial charge in [-0.05, 0) is 69.5 Å². The van der Waals surface area contributed by atoms with Gasteiger partial charge in [-0.25, -0.2) is 9.59 Å². The number of carboxylic acids is 2. The molecule has 1 aliphatic heterocycles. The Morgan fingerprint density at radius 2 is 1.49 bits per heavy atom. The van der Waals surface area contributed by atoms with E-state index in [-0.39, 0.29) is 11.9 Å². The second-order valence-electron chi connectivity index (χ2n) is 9.95. The van der Waals surface area contributed by atoms with Gasteiger partial charge < -0.3 is 20.0 Å². The van der Waals surface area contributed by atoms with Crippen molar-refractivity contribution in [2.24, 2.45) is 5.16 Å². The number of carboxylic acid groups (broad SMARTS) is 2. The van der Waals surface area contributed by atoms with Gasteiger partial charge in [-0.3, -0.25) is 9.69 Å². The van der Waals surface area contributed by atoms with Crippen molar-refractivity contribution in [3.8, 4) is 0 Å². The highest BCUT2D eigenvalue weighted by atomic mass is 16.6. The fraction of sp³-hybridized carbons (Fsp3) is 0.438. The second kappa shape index (κ2) is 17.7. The van der Waals surface area contributed by atoms with Crippen LogP contribution in [-0.2, 0) is 19.2 Å². The van der Waals surface area contributed by atoms with Gasteiger partial charge in [-0.2, -0.15) is 0 Å². The van der Waals surface area contributed by atoms with E-state index in [0.717, 1.165) is 48.4 Å². The number of allylic oxidation sites excluding steroid dienone is 1. The number of carbonyl (C=O) groups excluding carboxylic acids is 1. The lowest BCUT2D eigenvalue weighted by Crippen LogP contribution is -2.49. The third-order valence-corrected chi connectivity index (χ3v) is 6.63. The largest absolute Gasteiger partial charge is 0.473 e. The third kappa shape index (κ3) is 10.5. The van der Waals surface area contributed by atoms with Gasteiger partial charge in [0.15, 0.2) is 0 Å². The molecule has 1 amide bonds. The Hall–Kier alpha value is -3.98. The molecule has 41 heavy (non-hydrogen) atoms. The van der Waals surface area contributed by atoms with E-state index in [1.807, 2.05) is 67.3 Å². The molecule has 2 aromatic rings. The number of nitrogens with zero attached hydrogens (tertiary/aromatic N) is 3. The van der Waals surface area contributed by atoms with Crippen molar-refractivity contribution in [1.82, 2.24) is 4.90 Å². The molecule has 3 rings (SSSR count). The first kappa shape index (κ1) is 33.2. The monoisotopic (exact) mass is 565 g/mol. The SMILES string of the molecule is CCCCN(CCCC)CCCON=C(C)/C=C1/C(=O)N(c2ccccc2C)C1c1ccccc1.O=C(O)C(=O)O. The number of hydrogen-bond donors (Lipinski definition) is 2. The number of oxime groups is 1. The summed E-state index contributed by atoms with van der Waals surface area (Å²) in [6.07, 6.45) is 7.76. The van der Waals surface area contributed by atoms with E-state index in [1.54, 1.807) is 0 Å². The number of aryl methyl sites for hydroxylation is 1. The molecule has 0 spiro atoms. The molecule has 2 aromatic carbocycles. The molecule has 1 saturated heterocycles. The van der Waals surface area contributed by atoms with E-state index in [4.69, 9.17) is 24.6 Å². The number of unbranched alkanes of at least 4 members (excludes halogenated alkanes) is 2. The molecule has 1 unspecified atom stereocenters. The number of β-lactam (4-membered cyclic amide) rings is 1. The lowest BCUT2D eigenvalue weighted by atomic mass is 9.86. The molecule has 0 aliphatic carbocycles. The van der Waals surface area contributed by atoms with Crippen LogP contribution in [0.25, 0.3) is 0 Å². The molecule has 222 valence electrons. The summed E-state index contributed by atoms with van der Waals surface area (Å²) in [5.41, 5.74) is 4.59. The average molecular weight is 566 g/mol. The second-order valence-corrected chi connectivity index (χ2v) is 9.95. The normalized spacial score (nSPS) is 15.8. The molecule has 9 heteroatoms. The summed E-state index contributed by atoms with van der Waals surface area (Å²) in [5, 5.41) is 19.1. The van der Waals surface area contributed by atoms with Crippen molar-refractivity contribution in [3.05, 3.63) is 77.4 Å². The Morgan fingerprint density at radius 1 is 0.927 bits per heavy atom. The molecule has 9 nitrogen and oxygen atoms in total. The maximum absolute atomic E-state index is 13.2. The summed E-state index contributed by atoms with van der Waals surface area (Å²) in [4.78, 5) is 41.5. The van der Waals surface area contributed by atoms with E-state index >= 15 is 0 Å². The van der Waals surface area contributed by atoms with Crippen LogP contribution in [0.15, 0.2) is 71.4 Å². The molecule has 1 aliphatic rings. The topological polar surface area (TPSA) is 120 Å². The standard InChI is InChI=1S/C30H41N3O2.C2H2O4/c1-5-7-19-32(20-8-6-2)21-14-22-35-31-25(4)23-27-29(26-16-10-9-11-17-26)33(30(27)34)28-18-13-12-15-24(28)3;3-1(4)2(5)6/h9-13,15-18,23,29H,5-8,14,19-22H2,1-4H3;(H,3,4)(H,5,6)/b27-23+,31-25?;. The lowest BCUT2D eigenvalue weighted by Gasteiger charge is -2.43. The van der Waals surface area contributed by atoms with Gasteiger partial charge in [0.2, 0.25) is 0 Å². The Bertz CT molecular complexity index is 1170. The minimum absolute atomic E-state index is 0.0187. The van der Waals surface area contributed by atoms with Gasteiger partial charge in [-0.1, -0.05) is 80.4 Å². The number of hydrogen-bond acceptors (Lipinski definition) is 6. The Morgan fingerprint density at radius 3 is 2.05 bits per heavy atom. The molecule has 0 saturated carbocycles. The van der Waals surface area contributed by atoms with E-state index in [2.05, 4.69) is 36.0 Å². The van der Waals surface area contributed by atoms with E-state index in [0.29, 0.717) is 12.3 Å². The minimum Gasteiger partial charge on any atom is -0.473 e. The summed E-state index contributed by atoms with van der Waals surface area (Å²) in [6.45, 7) is 12.4. The first-order chi connectivity index (χ1) is 19.7. The first-order valence-electron chi connectivity index (χ1n) is 14.2. The lowest BCUT2D eigenvalue weighted by molar-refractivity contribution is -0.159. The van der Waals surface area contributed by atoms with Gasteiger partial charge in [0, 0.05) is 17.8 Å². The molecule has 1 fully saturated rings. The number of carbonyl (C=O) groups is 3. The zero-order chi connectivity index (χ0) is 30.2. The quantitative estimate of drug-likeness (QED) is 0.0736. The number of para-hydroxylation sites is 1. The van der Waals surface area contributed by atoms with Crippen LogP contribution in [0.3, 0.4) is 0 Å². The van der Waals surface area contributed by atoms with Crippen molar-refractivity contribution in [2.75, 3.05) is 31.1 Å². The molecular weight excluding hydrogens is 522 g/mol. The smallest absolute Gasteiger partial charge is 0.414 e. The highest BCUT2D eigenvalue weighted by molar-refractivity contribution is 6.27. The summed E-state index contributed by atoms with van der Waals surface area (Å²) in [5.74, 6) is -3.63. The highest BCUT2D eigenvalue weighted by Gasteiger charge is 2.44. The summed E-state index contributed by atoms with van der Waals surface area (Å²) in [7, 11) is 0. The fourth-order valence-corrected chi connectivity index (χ4v) is 4.48. The van der Waals surface area contributed by atoms with Crippen molar-refractivity contribution in [3.63, 3.8) is 0 Å². The summed E-state index contributed by atoms with van der Waals surface area (Å²) >= 11 is 0. The Balaban J connectivity index is 0.000000883. The van der Waals surface area contributed by atoms with Crippen molar-refractivity contribution in [2.45, 2.75) is 65.8 Å². The predicted octanol–water partition coefficient (Wildman–Crippen LogP) is 5.85. The Labute approximate surface area is 243 Å². The summed E-state index contributed by atoms with van der Waals surface area (Å²) < 4.78 is 0. The van der Waals surface area contributed by atoms with Crippen LogP contribution in [0.5, 0.6) is 0 Å². The van der Waals surface area contributed by atoms with Crippen LogP contribution >= 0.6 is 0 Å². The fourth-order valence-electron chi connectivity index (χ4n) is 4.48. The van der Waals surface area contributed by atoms with Gasteiger partial charge in [0.1, 0.15) is 6.61 Å². The molecule has 0 aromatic heterocycles. The van der Waals surface area contributed by atoms with Crippen molar-refractivity contribution >= 4 is 29.2 Å². The van der Waals surface area contributed by atoms with E-state index < -0.39 is 11.9 Å². The maximum Gasteiger partial charge on any atom is 0.414 e. The van der Waals surface area contributed by atoms with Crippen LogP contribution in [0.1, 0.15) is 70.0 Å². The highest BCUT2D eigenvalue weighted by Crippen LogP contribution is 2.44. The number of amides is 1. The molecular formula is C32H43N3O6. The zero-order valence-corrected chi connectivity index (χ0v) is 24.6. The minimum atomic E-state index is -1.82.